The molecule has 0 saturated carbocycles. The third-order valence-electron chi connectivity index (χ3n) is 6.16. The van der Waals surface area contributed by atoms with E-state index in [4.69, 9.17) is 4.98 Å². The maximum atomic E-state index is 4.76. The Morgan fingerprint density at radius 3 is 2.85 bits per heavy atom. The number of aromatic nitrogens is 4. The summed E-state index contributed by atoms with van der Waals surface area (Å²) >= 11 is 0. The lowest BCUT2D eigenvalue weighted by atomic mass is 10.0. The number of benzene rings is 2. The lowest BCUT2D eigenvalue weighted by molar-refractivity contribution is 0.824. The fraction of sp³-hybridized carbons (Fsp3) is 0.103. The fourth-order valence-electron chi connectivity index (χ4n) is 4.40. The van der Waals surface area contributed by atoms with Crippen LogP contribution in [0.5, 0.6) is 0 Å². The van der Waals surface area contributed by atoms with Crippen molar-refractivity contribution in [3.8, 4) is 11.4 Å². The number of nitrogens with one attached hydrogen (secondary N) is 1. The first-order valence-electron chi connectivity index (χ1n) is 11.3. The smallest absolute Gasteiger partial charge is 0.138 e. The van der Waals surface area contributed by atoms with Gasteiger partial charge in [-0.1, -0.05) is 66.8 Å². The maximum absolute atomic E-state index is 4.76. The molecular formula is C29H24N4. The van der Waals surface area contributed by atoms with Crippen molar-refractivity contribution in [1.82, 2.24) is 19.5 Å². The molecule has 2 aromatic carbocycles. The summed E-state index contributed by atoms with van der Waals surface area (Å²) in [6.45, 7) is 0.773. The van der Waals surface area contributed by atoms with E-state index in [-0.39, 0.29) is 0 Å². The van der Waals surface area contributed by atoms with E-state index in [9.17, 15) is 0 Å². The Hall–Kier alpha value is -4.18. The van der Waals surface area contributed by atoms with E-state index in [1.807, 2.05) is 24.5 Å². The zero-order valence-electron chi connectivity index (χ0n) is 18.3. The molecule has 0 aliphatic heterocycles. The number of nitrogens with zero attached hydrogens (tertiary/aromatic N) is 3. The van der Waals surface area contributed by atoms with Crippen LogP contribution in [-0.4, -0.2) is 19.5 Å². The first kappa shape index (κ1) is 19.5. The van der Waals surface area contributed by atoms with Crippen LogP contribution in [0.15, 0.2) is 120 Å². The molecule has 4 nitrogen and oxygen atoms in total. The fourth-order valence-corrected chi connectivity index (χ4v) is 4.40. The molecule has 160 valence electrons. The minimum Gasteiger partial charge on any atom is -0.338 e. The summed E-state index contributed by atoms with van der Waals surface area (Å²) in [6.07, 6.45) is 23.8. The van der Waals surface area contributed by atoms with E-state index in [1.165, 1.54) is 16.7 Å². The molecule has 33 heavy (non-hydrogen) atoms. The Morgan fingerprint density at radius 2 is 1.88 bits per heavy atom. The number of para-hydroxylation sites is 2. The average molecular weight is 429 g/mol. The molecule has 0 saturated heterocycles. The van der Waals surface area contributed by atoms with Crippen molar-refractivity contribution >= 4 is 22.1 Å². The summed E-state index contributed by atoms with van der Waals surface area (Å²) < 4.78 is 2.21. The summed E-state index contributed by atoms with van der Waals surface area (Å²) in [5.41, 5.74) is 9.07. The number of H-pyrrole nitrogens is 1. The Balaban J connectivity index is 1.31. The molecule has 2 aliphatic rings. The highest BCUT2D eigenvalue weighted by Gasteiger charge is 2.10. The summed E-state index contributed by atoms with van der Waals surface area (Å²) in [7, 11) is 0. The van der Waals surface area contributed by atoms with Gasteiger partial charge in [0.1, 0.15) is 5.82 Å². The Kier molecular flexibility index (Phi) is 4.96. The standard InChI is InChI=1S/C29H24N4/c1-2-4-10-22(9-3-1)23-11-7-8-21(14-15-23)19-33-20-30-27-17-16-24(18-28(27)33)29-31-25-12-5-6-13-26(25)32-29/h1,3-10,12-18,20H,2,11,19H2,(H,31,32). The number of allylic oxidation sites excluding steroid dienone is 12. The van der Waals surface area contributed by atoms with Crippen LogP contribution in [0.25, 0.3) is 33.5 Å². The van der Waals surface area contributed by atoms with Gasteiger partial charge in [0.2, 0.25) is 0 Å². The highest BCUT2D eigenvalue weighted by molar-refractivity contribution is 5.84. The Labute approximate surface area is 192 Å². The minimum absolute atomic E-state index is 0.773. The van der Waals surface area contributed by atoms with Crippen LogP contribution in [0.3, 0.4) is 0 Å². The molecule has 0 atom stereocenters. The molecule has 4 heteroatoms. The Bertz CT molecular complexity index is 1500. The van der Waals surface area contributed by atoms with Crippen molar-refractivity contribution in [2.45, 2.75) is 19.4 Å². The molecule has 0 spiro atoms. The summed E-state index contributed by atoms with van der Waals surface area (Å²) in [4.78, 5) is 12.8. The normalized spacial score (nSPS) is 15.9. The van der Waals surface area contributed by atoms with Crippen LogP contribution in [0.1, 0.15) is 12.8 Å². The van der Waals surface area contributed by atoms with E-state index in [0.29, 0.717) is 0 Å². The van der Waals surface area contributed by atoms with E-state index in [0.717, 1.165) is 52.8 Å². The topological polar surface area (TPSA) is 46.5 Å². The second kappa shape index (κ2) is 8.40. The molecule has 2 heterocycles. The molecule has 2 aromatic heterocycles. The lowest BCUT2D eigenvalue weighted by Crippen LogP contribution is -1.98. The van der Waals surface area contributed by atoms with Gasteiger partial charge in [0, 0.05) is 12.1 Å². The number of fused-ring (bicyclic) bond motifs is 2. The van der Waals surface area contributed by atoms with Crippen molar-refractivity contribution in [3.05, 3.63) is 120 Å². The Morgan fingerprint density at radius 1 is 0.909 bits per heavy atom. The van der Waals surface area contributed by atoms with Crippen LogP contribution in [0.4, 0.5) is 0 Å². The molecule has 0 unspecified atom stereocenters. The third-order valence-corrected chi connectivity index (χ3v) is 6.16. The molecule has 0 radical (unpaired) electrons. The molecule has 0 fully saturated rings. The van der Waals surface area contributed by atoms with Gasteiger partial charge in [0.15, 0.2) is 0 Å². The van der Waals surface area contributed by atoms with Gasteiger partial charge in [-0.2, -0.15) is 0 Å². The van der Waals surface area contributed by atoms with Crippen LogP contribution < -0.4 is 0 Å². The van der Waals surface area contributed by atoms with Crippen LogP contribution >= 0.6 is 0 Å². The van der Waals surface area contributed by atoms with Gasteiger partial charge >= 0.3 is 0 Å². The SMILES string of the molecule is C1=CCC=CC(C2=CC=C(Cn3cnc4ccc(-c5nc6ccccc6[nH]5)cc43)C=CC2)=C1. The number of imidazole rings is 2. The second-order valence-corrected chi connectivity index (χ2v) is 8.41. The van der Waals surface area contributed by atoms with Crippen LogP contribution in [0.2, 0.25) is 0 Å². The van der Waals surface area contributed by atoms with Crippen molar-refractivity contribution in [3.63, 3.8) is 0 Å². The van der Waals surface area contributed by atoms with Crippen molar-refractivity contribution in [1.29, 1.82) is 0 Å². The van der Waals surface area contributed by atoms with E-state index < -0.39 is 0 Å². The number of hydrogen-bond donors (Lipinski definition) is 1. The van der Waals surface area contributed by atoms with Gasteiger partial charge in [-0.15, -0.1) is 0 Å². The van der Waals surface area contributed by atoms with Gasteiger partial charge in [-0.3, -0.25) is 0 Å². The average Bonchev–Trinajstić information content (AvgIpc) is 3.23. The lowest BCUT2D eigenvalue weighted by Gasteiger charge is -2.06. The van der Waals surface area contributed by atoms with Gasteiger partial charge < -0.3 is 9.55 Å². The third kappa shape index (κ3) is 3.92. The molecule has 1 N–H and O–H groups in total. The molecule has 4 aromatic rings. The van der Waals surface area contributed by atoms with Crippen molar-refractivity contribution < 1.29 is 0 Å². The first-order valence-corrected chi connectivity index (χ1v) is 11.3. The molecule has 0 bridgehead atoms. The minimum atomic E-state index is 0.773. The van der Waals surface area contributed by atoms with Crippen LogP contribution in [-0.2, 0) is 6.54 Å². The molecule has 0 amide bonds. The van der Waals surface area contributed by atoms with Crippen molar-refractivity contribution in [2.75, 3.05) is 0 Å². The molecular weight excluding hydrogens is 404 g/mol. The van der Waals surface area contributed by atoms with E-state index in [2.05, 4.69) is 93.5 Å². The zero-order valence-corrected chi connectivity index (χ0v) is 18.3. The van der Waals surface area contributed by atoms with Gasteiger partial charge in [0.25, 0.3) is 0 Å². The highest BCUT2D eigenvalue weighted by Crippen LogP contribution is 2.26. The van der Waals surface area contributed by atoms with Gasteiger partial charge in [0.05, 0.1) is 28.4 Å². The monoisotopic (exact) mass is 428 g/mol. The largest absolute Gasteiger partial charge is 0.338 e. The van der Waals surface area contributed by atoms with Crippen molar-refractivity contribution in [2.24, 2.45) is 0 Å². The van der Waals surface area contributed by atoms with E-state index in [1.54, 1.807) is 0 Å². The maximum Gasteiger partial charge on any atom is 0.138 e. The predicted molar refractivity (Wildman–Crippen MR) is 136 cm³/mol. The number of hydrogen-bond acceptors (Lipinski definition) is 2. The summed E-state index contributed by atoms with van der Waals surface area (Å²) in [5, 5.41) is 0. The van der Waals surface area contributed by atoms with E-state index >= 15 is 0 Å². The van der Waals surface area contributed by atoms with Gasteiger partial charge in [-0.25, -0.2) is 9.97 Å². The zero-order chi connectivity index (χ0) is 22.0. The summed E-state index contributed by atoms with van der Waals surface area (Å²) in [6, 6.07) is 14.5. The summed E-state index contributed by atoms with van der Waals surface area (Å²) in [5.74, 6) is 0.880. The highest BCUT2D eigenvalue weighted by atomic mass is 15.0. The van der Waals surface area contributed by atoms with Gasteiger partial charge in [-0.05, 0) is 59.9 Å². The number of aromatic amines is 1. The molecule has 6 rings (SSSR count). The first-order chi connectivity index (χ1) is 16.3. The number of rotatable bonds is 4. The molecule has 2 aliphatic carbocycles. The van der Waals surface area contributed by atoms with Crippen LogP contribution in [0, 0.1) is 0 Å². The predicted octanol–water partition coefficient (Wildman–Crippen LogP) is 6.83. The quantitative estimate of drug-likeness (QED) is 0.387. The second-order valence-electron chi connectivity index (χ2n) is 8.41.